The van der Waals surface area contributed by atoms with Crippen molar-refractivity contribution in [1.82, 2.24) is 9.55 Å². The molecule has 1 aromatic rings. The summed E-state index contributed by atoms with van der Waals surface area (Å²) in [6.07, 6.45) is 2.63. The Morgan fingerprint density at radius 3 is 2.55 bits per heavy atom. The van der Waals surface area contributed by atoms with Gasteiger partial charge in [0.1, 0.15) is 0 Å². The van der Waals surface area contributed by atoms with E-state index < -0.39 is 5.97 Å². The van der Waals surface area contributed by atoms with Crippen LogP contribution >= 0.6 is 15.9 Å². The van der Waals surface area contributed by atoms with Crippen LogP contribution in [0.3, 0.4) is 0 Å². The Morgan fingerprint density at radius 1 is 1.82 bits per heavy atom. The van der Waals surface area contributed by atoms with Gasteiger partial charge in [0.05, 0.1) is 5.82 Å². The van der Waals surface area contributed by atoms with E-state index in [0.717, 1.165) is 0 Å². The molecule has 0 aromatic carbocycles. The minimum absolute atomic E-state index is 0. The van der Waals surface area contributed by atoms with Crippen molar-refractivity contribution in [1.29, 1.82) is 0 Å². The van der Waals surface area contributed by atoms with Gasteiger partial charge in [0.15, 0.2) is 0 Å². The number of aromatic carboxylic acids is 1. The zero-order valence-corrected chi connectivity index (χ0v) is 7.71. The van der Waals surface area contributed by atoms with Crippen LogP contribution in [0.25, 0.3) is 0 Å². The number of carbonyl (C=O) groups is 1. The summed E-state index contributed by atoms with van der Waals surface area (Å²) in [7, 11) is 1.57. The minimum atomic E-state index is -1.05. The molecule has 0 fully saturated rings. The summed E-state index contributed by atoms with van der Waals surface area (Å²) in [4.78, 5) is 13.9. The quantitative estimate of drug-likeness (QED) is 0.419. The molecule has 1 rings (SSSR count). The molecule has 1 N–H and O–H groups in total. The molecule has 0 radical (unpaired) electrons. The number of carboxylic acid groups (broad SMARTS) is 1. The Hall–Kier alpha value is -0.243. The van der Waals surface area contributed by atoms with E-state index >= 15 is 0 Å². The van der Waals surface area contributed by atoms with E-state index in [1.807, 2.05) is 0 Å². The molecule has 54 valence electrons. The zero-order valence-electron chi connectivity index (χ0n) is 6.13. The van der Waals surface area contributed by atoms with Crippen LogP contribution in [0, 0.1) is 6.20 Å². The van der Waals surface area contributed by atoms with Gasteiger partial charge in [-0.15, -0.1) is 6.20 Å². The normalized spacial score (nSPS) is 8.91. The number of hydrogen-bond donors (Lipinski definition) is 1. The zero-order chi connectivity index (χ0) is 7.72. The molecule has 4 nitrogen and oxygen atoms in total. The Bertz CT molecular complexity index is 273. The third kappa shape index (κ3) is 2.36. The number of rotatable bonds is 1. The summed E-state index contributed by atoms with van der Waals surface area (Å²) in [6.45, 7) is 0. The van der Waals surface area contributed by atoms with Gasteiger partial charge in [0.25, 0.3) is 5.97 Å². The van der Waals surface area contributed by atoms with Crippen LogP contribution < -0.4 is 18.9 Å². The van der Waals surface area contributed by atoms with Crippen LogP contribution in [-0.2, 0) is 7.05 Å². The van der Waals surface area contributed by atoms with E-state index in [9.17, 15) is 4.79 Å². The van der Waals surface area contributed by atoms with Gasteiger partial charge in [-0.2, -0.15) is 0 Å². The van der Waals surface area contributed by atoms with E-state index in [4.69, 9.17) is 5.11 Å². The van der Waals surface area contributed by atoms with Gasteiger partial charge >= 0.3 is 18.9 Å². The molecule has 0 saturated heterocycles. The Morgan fingerprint density at radius 2 is 2.36 bits per heavy atom. The first kappa shape index (κ1) is 10.8. The summed E-state index contributed by atoms with van der Waals surface area (Å²) in [6, 6.07) is 0. The SMILES string of the molecule is Cn1[c-]c(Br)nc1C(=O)O.[Li+]. The molecule has 1 heterocycles. The molecule has 11 heavy (non-hydrogen) atoms. The average Bonchev–Trinajstić information content (AvgIpc) is 2.10. The van der Waals surface area contributed by atoms with Crippen molar-refractivity contribution < 1.29 is 28.8 Å². The maximum Gasteiger partial charge on any atom is 1.00 e. The maximum atomic E-state index is 10.3. The van der Waals surface area contributed by atoms with E-state index in [2.05, 4.69) is 27.1 Å². The van der Waals surface area contributed by atoms with Gasteiger partial charge in [-0.1, -0.05) is 15.9 Å². The van der Waals surface area contributed by atoms with Crippen molar-refractivity contribution in [2.45, 2.75) is 0 Å². The second-order valence-corrected chi connectivity index (χ2v) is 2.45. The van der Waals surface area contributed by atoms with Gasteiger partial charge in [-0.05, 0) is 7.05 Å². The number of hydrogen-bond acceptors (Lipinski definition) is 2. The van der Waals surface area contributed by atoms with Crippen LogP contribution in [0.1, 0.15) is 10.6 Å². The molecule has 0 saturated carbocycles. The second-order valence-electron chi connectivity index (χ2n) is 1.70. The number of aromatic nitrogens is 2. The first-order chi connectivity index (χ1) is 4.61. The number of aryl methyl sites for hydroxylation is 1. The molecule has 0 amide bonds. The molecule has 0 atom stereocenters. The second kappa shape index (κ2) is 3.95. The molecule has 0 spiro atoms. The van der Waals surface area contributed by atoms with Gasteiger partial charge in [0, 0.05) is 4.60 Å². The fraction of sp³-hybridized carbons (Fsp3) is 0.200. The minimum Gasteiger partial charge on any atom is -0.491 e. The number of nitrogens with zero attached hydrogens (tertiary/aromatic N) is 2. The predicted molar refractivity (Wildman–Crippen MR) is 36.7 cm³/mol. The van der Waals surface area contributed by atoms with E-state index in [1.54, 1.807) is 7.05 Å². The third-order valence-electron chi connectivity index (χ3n) is 0.973. The summed E-state index contributed by atoms with van der Waals surface area (Å²) in [5, 5.41) is 8.45. The van der Waals surface area contributed by atoms with E-state index in [-0.39, 0.29) is 24.7 Å². The average molecular weight is 211 g/mol. The van der Waals surface area contributed by atoms with Crippen LogP contribution in [0.2, 0.25) is 0 Å². The first-order valence-corrected chi connectivity index (χ1v) is 3.25. The van der Waals surface area contributed by atoms with Crippen molar-refractivity contribution in [3.8, 4) is 0 Å². The van der Waals surface area contributed by atoms with Crippen molar-refractivity contribution in [3.63, 3.8) is 0 Å². The topological polar surface area (TPSA) is 55.1 Å². The number of imidazole rings is 1. The summed E-state index contributed by atoms with van der Waals surface area (Å²) < 4.78 is 1.72. The standard InChI is InChI=1S/C5H4BrN2O2.Li/c1-8-2-3(6)7-4(8)5(9)10;/h1H3,(H,9,10);/q-1;+1. The van der Waals surface area contributed by atoms with Crippen molar-refractivity contribution in [3.05, 3.63) is 16.6 Å². The summed E-state index contributed by atoms with van der Waals surface area (Å²) >= 11 is 3.00. The van der Waals surface area contributed by atoms with Gasteiger partial charge in [-0.25, -0.2) is 0 Å². The summed E-state index contributed by atoms with van der Waals surface area (Å²) in [5.74, 6) is -1.07. The fourth-order valence-corrected chi connectivity index (χ4v) is 1.01. The molecule has 0 bridgehead atoms. The number of halogens is 1. The number of carboxylic acids is 1. The maximum absolute atomic E-state index is 10.3. The van der Waals surface area contributed by atoms with E-state index in [1.165, 1.54) is 4.57 Å². The van der Waals surface area contributed by atoms with E-state index in [0.29, 0.717) is 4.60 Å². The van der Waals surface area contributed by atoms with Crippen LogP contribution in [0.4, 0.5) is 0 Å². The van der Waals surface area contributed by atoms with Crippen molar-refractivity contribution in [2.75, 3.05) is 0 Å². The van der Waals surface area contributed by atoms with Crippen molar-refractivity contribution in [2.24, 2.45) is 7.05 Å². The van der Waals surface area contributed by atoms with Crippen LogP contribution in [0.5, 0.6) is 0 Å². The smallest absolute Gasteiger partial charge is 0.491 e. The first-order valence-electron chi connectivity index (χ1n) is 2.46. The summed E-state index contributed by atoms with van der Waals surface area (Å²) in [5.41, 5.74) is 0. The molecule has 6 heteroatoms. The molecule has 0 aliphatic rings. The van der Waals surface area contributed by atoms with Gasteiger partial charge in [0.2, 0.25) is 0 Å². The molecular formula is C5H4BrLiN2O2. The molecule has 0 aliphatic carbocycles. The Balaban J connectivity index is 0.000001000. The monoisotopic (exact) mass is 210 g/mol. The Kier molecular flexibility index (Phi) is 3.87. The van der Waals surface area contributed by atoms with Gasteiger partial charge < -0.3 is 14.7 Å². The van der Waals surface area contributed by atoms with Crippen molar-refractivity contribution >= 4 is 21.9 Å². The Labute approximate surface area is 83.9 Å². The van der Waals surface area contributed by atoms with Crippen LogP contribution in [0.15, 0.2) is 4.60 Å². The predicted octanol–water partition coefficient (Wildman–Crippen LogP) is -2.32. The fourth-order valence-electron chi connectivity index (χ4n) is 0.576. The largest absolute Gasteiger partial charge is 1.00 e. The molecule has 0 unspecified atom stereocenters. The van der Waals surface area contributed by atoms with Gasteiger partial charge in [-0.3, -0.25) is 4.79 Å². The molecule has 0 aliphatic heterocycles. The third-order valence-corrected chi connectivity index (χ3v) is 1.33. The molecule has 1 aromatic heterocycles. The molecular weight excluding hydrogens is 207 g/mol. The van der Waals surface area contributed by atoms with Crippen LogP contribution in [-0.4, -0.2) is 20.6 Å².